The van der Waals surface area contributed by atoms with E-state index in [0.717, 1.165) is 0 Å². The van der Waals surface area contributed by atoms with Crippen LogP contribution in [0.5, 0.6) is 0 Å². The zero-order chi connectivity index (χ0) is 8.20. The molecule has 0 spiro atoms. The second-order valence-corrected chi connectivity index (χ2v) is 3.81. The maximum absolute atomic E-state index is 12.5. The Bertz CT molecular complexity index is 137. The lowest BCUT2D eigenvalue weighted by atomic mass is 10.5. The number of rotatable bonds is 4. The minimum Gasteiger partial charge on any atom is -0.372 e. The van der Waals surface area contributed by atoms with E-state index >= 15 is 0 Å². The lowest BCUT2D eigenvalue weighted by molar-refractivity contribution is 0.178. The maximum atomic E-state index is 12.5. The molecule has 0 N–H and O–H groups in total. The number of ether oxygens (including phenoxy) is 1. The van der Waals surface area contributed by atoms with Gasteiger partial charge >= 0.3 is 7.68 Å². The molecule has 0 radical (unpaired) electrons. The van der Waals surface area contributed by atoms with Crippen molar-refractivity contribution in [3.05, 3.63) is 0 Å². The summed E-state index contributed by atoms with van der Waals surface area (Å²) in [4.78, 5) is 0. The molecule has 0 aliphatic rings. The van der Waals surface area contributed by atoms with Gasteiger partial charge < -0.3 is 9.26 Å². The summed E-state index contributed by atoms with van der Waals surface area (Å²) in [6.45, 7) is 3.23. The molecule has 0 amide bonds. The first-order chi connectivity index (χ1) is 4.48. The summed E-state index contributed by atoms with van der Waals surface area (Å²) in [7, 11) is -2.70. The Balaban J connectivity index is 3.75. The highest BCUT2D eigenvalue weighted by atomic mass is 31.2. The molecule has 0 heterocycles. The molecule has 0 aromatic rings. The van der Waals surface area contributed by atoms with Gasteiger partial charge in [0.1, 0.15) is 0 Å². The SMILES string of the molecule is COCP(=O)(F)OC(C)C. The van der Waals surface area contributed by atoms with Crippen molar-refractivity contribution in [2.24, 2.45) is 0 Å². The van der Waals surface area contributed by atoms with E-state index in [1.165, 1.54) is 7.11 Å². The molecule has 1 unspecified atom stereocenters. The van der Waals surface area contributed by atoms with E-state index in [9.17, 15) is 8.76 Å². The van der Waals surface area contributed by atoms with Crippen LogP contribution in [0.15, 0.2) is 0 Å². The van der Waals surface area contributed by atoms with Crippen LogP contribution in [0.2, 0.25) is 0 Å². The highest BCUT2D eigenvalue weighted by Gasteiger charge is 2.22. The van der Waals surface area contributed by atoms with Crippen LogP contribution >= 0.6 is 7.68 Å². The number of halogens is 1. The van der Waals surface area contributed by atoms with Crippen molar-refractivity contribution >= 4 is 7.68 Å². The predicted octanol–water partition coefficient (Wildman–Crippen LogP) is 2.18. The number of hydrogen-bond donors (Lipinski definition) is 0. The molecule has 62 valence electrons. The summed E-state index contributed by atoms with van der Waals surface area (Å²) in [6.07, 6.45) is -0.837. The van der Waals surface area contributed by atoms with Crippen LogP contribution in [0.25, 0.3) is 0 Å². The van der Waals surface area contributed by atoms with Gasteiger partial charge in [0.2, 0.25) is 0 Å². The van der Waals surface area contributed by atoms with E-state index < -0.39 is 14.0 Å². The summed E-state index contributed by atoms with van der Waals surface area (Å²) in [6, 6.07) is 0. The van der Waals surface area contributed by atoms with Gasteiger partial charge in [-0.3, -0.25) is 4.57 Å². The van der Waals surface area contributed by atoms with Crippen LogP contribution in [0.3, 0.4) is 0 Å². The van der Waals surface area contributed by atoms with Crippen molar-refractivity contribution in [1.82, 2.24) is 0 Å². The van der Waals surface area contributed by atoms with Gasteiger partial charge in [-0.15, -0.1) is 0 Å². The fraction of sp³-hybridized carbons (Fsp3) is 1.00. The monoisotopic (exact) mass is 170 g/mol. The zero-order valence-corrected chi connectivity index (χ0v) is 7.23. The van der Waals surface area contributed by atoms with Gasteiger partial charge in [-0.2, -0.15) is 4.20 Å². The summed E-state index contributed by atoms with van der Waals surface area (Å²) in [5.41, 5.74) is 0. The molecular formula is C5H12FO3P. The Morgan fingerprint density at radius 3 is 2.40 bits per heavy atom. The van der Waals surface area contributed by atoms with Crippen molar-refractivity contribution in [3.63, 3.8) is 0 Å². The average Bonchev–Trinajstić information content (AvgIpc) is 1.59. The fourth-order valence-electron chi connectivity index (χ4n) is 0.499. The molecule has 3 nitrogen and oxygen atoms in total. The number of hydrogen-bond acceptors (Lipinski definition) is 3. The standard InChI is InChI=1S/C5H12FO3P/c1-5(2)9-10(6,7)4-8-3/h5H,4H2,1-3H3. The van der Waals surface area contributed by atoms with Crippen LogP contribution < -0.4 is 0 Å². The van der Waals surface area contributed by atoms with Crippen LogP contribution in [-0.4, -0.2) is 19.6 Å². The lowest BCUT2D eigenvalue weighted by Crippen LogP contribution is -2.01. The van der Waals surface area contributed by atoms with E-state index in [0.29, 0.717) is 0 Å². The van der Waals surface area contributed by atoms with Crippen LogP contribution in [-0.2, 0) is 13.8 Å². The molecule has 5 heteroatoms. The van der Waals surface area contributed by atoms with Gasteiger partial charge in [0.25, 0.3) is 0 Å². The largest absolute Gasteiger partial charge is 0.392 e. The third-order valence-electron chi connectivity index (χ3n) is 0.652. The molecule has 0 fully saturated rings. The Hall–Kier alpha value is 0.0800. The second kappa shape index (κ2) is 4.06. The smallest absolute Gasteiger partial charge is 0.372 e. The van der Waals surface area contributed by atoms with Crippen molar-refractivity contribution in [2.45, 2.75) is 20.0 Å². The Morgan fingerprint density at radius 1 is 1.60 bits per heavy atom. The Morgan fingerprint density at radius 2 is 2.10 bits per heavy atom. The lowest BCUT2D eigenvalue weighted by Gasteiger charge is -2.10. The average molecular weight is 170 g/mol. The first-order valence-electron chi connectivity index (χ1n) is 2.94. The van der Waals surface area contributed by atoms with Crippen LogP contribution in [0.4, 0.5) is 4.20 Å². The summed E-state index contributed by atoms with van der Waals surface area (Å²) < 4.78 is 31.9. The van der Waals surface area contributed by atoms with Gasteiger partial charge in [0, 0.05) is 7.11 Å². The van der Waals surface area contributed by atoms with Gasteiger partial charge in [-0.1, -0.05) is 0 Å². The highest BCUT2D eigenvalue weighted by molar-refractivity contribution is 7.53. The van der Waals surface area contributed by atoms with Crippen molar-refractivity contribution in [2.75, 3.05) is 13.5 Å². The molecule has 0 aromatic carbocycles. The molecule has 0 saturated carbocycles. The fourth-order valence-corrected chi connectivity index (χ4v) is 1.50. The van der Waals surface area contributed by atoms with E-state index in [1.54, 1.807) is 13.8 Å². The summed E-state index contributed by atoms with van der Waals surface area (Å²) in [5.74, 6) is 0. The molecular weight excluding hydrogens is 158 g/mol. The predicted molar refractivity (Wildman–Crippen MR) is 36.8 cm³/mol. The topological polar surface area (TPSA) is 35.5 Å². The van der Waals surface area contributed by atoms with Gasteiger partial charge in [0.15, 0.2) is 6.35 Å². The van der Waals surface area contributed by atoms with E-state index in [2.05, 4.69) is 9.26 Å². The summed E-state index contributed by atoms with van der Waals surface area (Å²) in [5, 5.41) is 0. The molecule has 1 atom stereocenters. The zero-order valence-electron chi connectivity index (χ0n) is 6.33. The number of methoxy groups -OCH3 is 1. The molecule has 0 saturated heterocycles. The third-order valence-corrected chi connectivity index (χ3v) is 1.95. The van der Waals surface area contributed by atoms with E-state index in [-0.39, 0.29) is 6.10 Å². The minimum absolute atomic E-state index is 0.369. The van der Waals surface area contributed by atoms with Gasteiger partial charge in [0.05, 0.1) is 6.10 Å². The van der Waals surface area contributed by atoms with Crippen molar-refractivity contribution in [1.29, 1.82) is 0 Å². The molecule has 0 bridgehead atoms. The first-order valence-corrected chi connectivity index (χ1v) is 4.64. The maximum Gasteiger partial charge on any atom is 0.392 e. The molecule has 0 aliphatic heterocycles. The van der Waals surface area contributed by atoms with Crippen molar-refractivity contribution in [3.8, 4) is 0 Å². The first kappa shape index (κ1) is 10.1. The molecule has 0 aromatic heterocycles. The van der Waals surface area contributed by atoms with Crippen molar-refractivity contribution < 1.29 is 18.0 Å². The minimum atomic E-state index is -3.97. The molecule has 0 rings (SSSR count). The normalized spacial score (nSPS) is 17.3. The van der Waals surface area contributed by atoms with E-state index in [4.69, 9.17) is 0 Å². The van der Waals surface area contributed by atoms with E-state index in [1.807, 2.05) is 0 Å². The second-order valence-electron chi connectivity index (χ2n) is 2.16. The third kappa shape index (κ3) is 4.91. The quantitative estimate of drug-likeness (QED) is 0.606. The van der Waals surface area contributed by atoms with Crippen LogP contribution in [0.1, 0.15) is 13.8 Å². The molecule has 0 aliphatic carbocycles. The molecule has 10 heavy (non-hydrogen) atoms. The highest BCUT2D eigenvalue weighted by Crippen LogP contribution is 2.49. The van der Waals surface area contributed by atoms with Gasteiger partial charge in [-0.05, 0) is 13.8 Å². The summed E-state index contributed by atoms with van der Waals surface area (Å²) >= 11 is 0. The Kier molecular flexibility index (Phi) is 4.09. The Labute approximate surface area is 60.1 Å². The van der Waals surface area contributed by atoms with Gasteiger partial charge in [-0.25, -0.2) is 0 Å². The van der Waals surface area contributed by atoms with Crippen LogP contribution in [0, 0.1) is 0 Å².